The highest BCUT2D eigenvalue weighted by molar-refractivity contribution is 5.85. The highest BCUT2D eigenvalue weighted by Gasteiger charge is 2.26. The van der Waals surface area contributed by atoms with Crippen LogP contribution in [0.1, 0.15) is 18.4 Å². The lowest BCUT2D eigenvalue weighted by Crippen LogP contribution is -2.47. The molecule has 1 aliphatic rings. The van der Waals surface area contributed by atoms with Crippen molar-refractivity contribution >= 4 is 24.2 Å². The third kappa shape index (κ3) is 6.82. The molecule has 1 saturated heterocycles. The van der Waals surface area contributed by atoms with Gasteiger partial charge in [0.25, 0.3) is 0 Å². The van der Waals surface area contributed by atoms with E-state index in [1.165, 1.54) is 0 Å². The van der Waals surface area contributed by atoms with Crippen LogP contribution in [0.15, 0.2) is 24.3 Å². The maximum Gasteiger partial charge on any atom is 0.234 e. The summed E-state index contributed by atoms with van der Waals surface area (Å²) in [5, 5.41) is 5.75. The second-order valence-corrected chi connectivity index (χ2v) is 6.24. The molecule has 2 rings (SSSR count). The number of halogens is 1. The van der Waals surface area contributed by atoms with Crippen LogP contribution in [-0.4, -0.2) is 56.5 Å². The van der Waals surface area contributed by atoms with Crippen molar-refractivity contribution in [2.24, 2.45) is 11.7 Å². The van der Waals surface area contributed by atoms with Gasteiger partial charge in [-0.15, -0.1) is 12.4 Å². The van der Waals surface area contributed by atoms with E-state index in [9.17, 15) is 9.59 Å². The van der Waals surface area contributed by atoms with E-state index in [2.05, 4.69) is 10.6 Å². The van der Waals surface area contributed by atoms with E-state index in [-0.39, 0.29) is 30.1 Å². The number of rotatable bonds is 8. The fraction of sp³-hybridized carbons (Fsp3) is 0.556. The number of methoxy groups -OCH3 is 1. The van der Waals surface area contributed by atoms with Gasteiger partial charge in [-0.1, -0.05) is 18.2 Å². The van der Waals surface area contributed by atoms with Gasteiger partial charge in [-0.2, -0.15) is 0 Å². The standard InChI is InChI=1S/C18H28N4O3.ClH/c1-25-16-7-3-2-5-14(16)11-21-17(23)13-22-10-4-6-15(12-22)18(24)20-9-8-19;/h2-3,5,7,15H,4,6,8-13,19H2,1H3,(H,20,24)(H,21,23);1H. The second kappa shape index (κ2) is 11.7. The molecule has 8 heteroatoms. The van der Waals surface area contributed by atoms with Crippen LogP contribution in [0.2, 0.25) is 0 Å². The number of benzene rings is 1. The summed E-state index contributed by atoms with van der Waals surface area (Å²) in [6, 6.07) is 7.61. The molecule has 2 amide bonds. The van der Waals surface area contributed by atoms with Crippen molar-refractivity contribution in [3.8, 4) is 5.75 Å². The third-order valence-electron chi connectivity index (χ3n) is 4.36. The highest BCUT2D eigenvalue weighted by Crippen LogP contribution is 2.18. The minimum Gasteiger partial charge on any atom is -0.496 e. The summed E-state index contributed by atoms with van der Waals surface area (Å²) in [7, 11) is 1.62. The Morgan fingerprint density at radius 1 is 1.31 bits per heavy atom. The zero-order chi connectivity index (χ0) is 18.1. The van der Waals surface area contributed by atoms with Crippen LogP contribution in [0.3, 0.4) is 0 Å². The van der Waals surface area contributed by atoms with E-state index in [1.807, 2.05) is 29.2 Å². The number of ether oxygens (including phenoxy) is 1. The van der Waals surface area contributed by atoms with Gasteiger partial charge in [-0.05, 0) is 25.5 Å². The number of hydrogen-bond donors (Lipinski definition) is 3. The average Bonchev–Trinajstić information content (AvgIpc) is 2.64. The van der Waals surface area contributed by atoms with Crippen molar-refractivity contribution in [2.45, 2.75) is 19.4 Å². The maximum absolute atomic E-state index is 12.2. The Morgan fingerprint density at radius 2 is 2.08 bits per heavy atom. The monoisotopic (exact) mass is 384 g/mol. The molecule has 0 bridgehead atoms. The van der Waals surface area contributed by atoms with Crippen LogP contribution >= 0.6 is 12.4 Å². The third-order valence-corrected chi connectivity index (χ3v) is 4.36. The summed E-state index contributed by atoms with van der Waals surface area (Å²) in [6.07, 6.45) is 1.77. The molecule has 0 spiro atoms. The Morgan fingerprint density at radius 3 is 2.81 bits per heavy atom. The Kier molecular flexibility index (Phi) is 10.0. The molecule has 1 unspecified atom stereocenters. The van der Waals surface area contributed by atoms with Crippen LogP contribution in [-0.2, 0) is 16.1 Å². The van der Waals surface area contributed by atoms with Crippen molar-refractivity contribution in [1.29, 1.82) is 0 Å². The SMILES string of the molecule is COc1ccccc1CNC(=O)CN1CCCC(C(=O)NCCN)C1.Cl. The lowest BCUT2D eigenvalue weighted by molar-refractivity contribution is -0.128. The maximum atomic E-state index is 12.2. The molecular formula is C18H29ClN4O3. The molecule has 0 aromatic heterocycles. The van der Waals surface area contributed by atoms with Gasteiger partial charge in [0, 0.05) is 31.7 Å². The number of carbonyl (C=O) groups excluding carboxylic acids is 2. The summed E-state index contributed by atoms with van der Waals surface area (Å²) < 4.78 is 5.29. The summed E-state index contributed by atoms with van der Waals surface area (Å²) in [5.41, 5.74) is 6.36. The van der Waals surface area contributed by atoms with Crippen LogP contribution < -0.4 is 21.1 Å². The first-order chi connectivity index (χ1) is 12.1. The predicted octanol–water partition coefficient (Wildman–Crippen LogP) is 0.520. The first-order valence-electron chi connectivity index (χ1n) is 8.72. The molecule has 1 aromatic carbocycles. The van der Waals surface area contributed by atoms with Gasteiger partial charge in [0.15, 0.2) is 0 Å². The highest BCUT2D eigenvalue weighted by atomic mass is 35.5. The summed E-state index contributed by atoms with van der Waals surface area (Å²) in [6.45, 7) is 3.11. The predicted molar refractivity (Wildman–Crippen MR) is 103 cm³/mol. The summed E-state index contributed by atoms with van der Waals surface area (Å²) in [4.78, 5) is 26.3. The van der Waals surface area contributed by atoms with Gasteiger partial charge in [0.05, 0.1) is 19.6 Å². The fourth-order valence-electron chi connectivity index (χ4n) is 3.05. The second-order valence-electron chi connectivity index (χ2n) is 6.24. The van der Waals surface area contributed by atoms with E-state index in [4.69, 9.17) is 10.5 Å². The molecule has 1 heterocycles. The number of amides is 2. The minimum atomic E-state index is -0.0673. The van der Waals surface area contributed by atoms with Crippen LogP contribution in [0.5, 0.6) is 5.75 Å². The molecule has 0 aliphatic carbocycles. The first kappa shape index (κ1) is 22.2. The van der Waals surface area contributed by atoms with E-state index >= 15 is 0 Å². The number of nitrogens with zero attached hydrogens (tertiary/aromatic N) is 1. The van der Waals surface area contributed by atoms with Crippen molar-refractivity contribution in [3.63, 3.8) is 0 Å². The Bertz CT molecular complexity index is 585. The van der Waals surface area contributed by atoms with Gasteiger partial charge in [0.1, 0.15) is 5.75 Å². The smallest absolute Gasteiger partial charge is 0.234 e. The van der Waals surface area contributed by atoms with Gasteiger partial charge >= 0.3 is 0 Å². The quantitative estimate of drug-likeness (QED) is 0.607. The van der Waals surface area contributed by atoms with Gasteiger partial charge in [-0.25, -0.2) is 0 Å². The van der Waals surface area contributed by atoms with Crippen molar-refractivity contribution in [3.05, 3.63) is 29.8 Å². The minimum absolute atomic E-state index is 0. The molecule has 1 fully saturated rings. The van der Waals surface area contributed by atoms with Crippen molar-refractivity contribution in [1.82, 2.24) is 15.5 Å². The first-order valence-corrected chi connectivity index (χ1v) is 8.72. The largest absolute Gasteiger partial charge is 0.496 e. The van der Waals surface area contributed by atoms with E-state index in [0.29, 0.717) is 32.7 Å². The van der Waals surface area contributed by atoms with E-state index in [1.54, 1.807) is 7.11 Å². The van der Waals surface area contributed by atoms with Crippen molar-refractivity contribution in [2.75, 3.05) is 39.8 Å². The van der Waals surface area contributed by atoms with Gasteiger partial charge in [0.2, 0.25) is 11.8 Å². The molecule has 146 valence electrons. The topological polar surface area (TPSA) is 96.7 Å². The molecule has 0 saturated carbocycles. The lowest BCUT2D eigenvalue weighted by Gasteiger charge is -2.31. The lowest BCUT2D eigenvalue weighted by atomic mass is 9.97. The Labute approximate surface area is 161 Å². The zero-order valence-corrected chi connectivity index (χ0v) is 16.0. The molecule has 1 aliphatic heterocycles. The normalized spacial score (nSPS) is 17.1. The van der Waals surface area contributed by atoms with Crippen LogP contribution in [0.25, 0.3) is 0 Å². The number of hydrogen-bond acceptors (Lipinski definition) is 5. The number of piperidine rings is 1. The number of nitrogens with one attached hydrogen (secondary N) is 2. The van der Waals surface area contributed by atoms with Gasteiger partial charge in [-0.3, -0.25) is 14.5 Å². The fourth-order valence-corrected chi connectivity index (χ4v) is 3.05. The number of para-hydroxylation sites is 1. The van der Waals surface area contributed by atoms with Crippen LogP contribution in [0.4, 0.5) is 0 Å². The van der Waals surface area contributed by atoms with Gasteiger partial charge < -0.3 is 21.1 Å². The summed E-state index contributed by atoms with van der Waals surface area (Å²) in [5.74, 6) is 0.679. The van der Waals surface area contributed by atoms with E-state index in [0.717, 1.165) is 30.7 Å². The number of nitrogens with two attached hydrogens (primary N) is 1. The molecule has 1 atom stereocenters. The van der Waals surface area contributed by atoms with E-state index < -0.39 is 0 Å². The van der Waals surface area contributed by atoms with Crippen LogP contribution in [0, 0.1) is 5.92 Å². The summed E-state index contributed by atoms with van der Waals surface area (Å²) >= 11 is 0. The van der Waals surface area contributed by atoms with Crippen molar-refractivity contribution < 1.29 is 14.3 Å². The number of carbonyl (C=O) groups is 2. The number of likely N-dealkylation sites (tertiary alicyclic amines) is 1. The Hall–Kier alpha value is -1.83. The Balaban J connectivity index is 0.00000338. The zero-order valence-electron chi connectivity index (χ0n) is 15.2. The molecule has 0 radical (unpaired) electrons. The molecule has 1 aromatic rings. The average molecular weight is 385 g/mol. The molecular weight excluding hydrogens is 356 g/mol. The molecule has 26 heavy (non-hydrogen) atoms. The molecule has 4 N–H and O–H groups in total. The molecule has 7 nitrogen and oxygen atoms in total.